The van der Waals surface area contributed by atoms with E-state index in [1.165, 1.54) is 59.4 Å². The van der Waals surface area contributed by atoms with Crippen LogP contribution in [-0.4, -0.2) is 43.3 Å². The Bertz CT molecular complexity index is 3070. The van der Waals surface area contributed by atoms with Crippen molar-refractivity contribution in [2.45, 2.75) is 26.7 Å². The normalized spacial score (nSPS) is 13.6. The van der Waals surface area contributed by atoms with Crippen LogP contribution in [0.15, 0.2) is 150 Å². The van der Waals surface area contributed by atoms with Gasteiger partial charge in [0.1, 0.15) is 0 Å². The molecule has 0 amide bonds. The fraction of sp³-hybridized carbons (Fsp3) is 0.0833. The molecule has 1 aliphatic carbocycles. The molecule has 0 saturated heterocycles. The molecule has 0 saturated carbocycles. The number of rotatable bonds is 6. The van der Waals surface area contributed by atoms with E-state index in [1.807, 2.05) is 28.8 Å². The maximum absolute atomic E-state index is 11.4. The molecule has 9 rings (SSSR count). The molecular weight excluding hydrogens is 653 g/mol. The van der Waals surface area contributed by atoms with Gasteiger partial charge in [-0.2, -0.15) is 0 Å². The van der Waals surface area contributed by atoms with Crippen molar-refractivity contribution < 1.29 is 5.11 Å². The Hall–Kier alpha value is -6.13. The number of aromatic nitrogens is 2. The van der Waals surface area contributed by atoms with E-state index in [-0.39, 0.29) is 16.7 Å². The van der Waals surface area contributed by atoms with Crippen LogP contribution < -0.4 is 10.4 Å². The zero-order valence-corrected chi connectivity index (χ0v) is 30.3. The Balaban J connectivity index is 1.31. The molecule has 1 heterocycles. The van der Waals surface area contributed by atoms with Crippen molar-refractivity contribution in [3.8, 4) is 27.9 Å². The zero-order valence-electron chi connectivity index (χ0n) is 30.3. The molecule has 7 aromatic carbocycles. The van der Waals surface area contributed by atoms with Crippen molar-refractivity contribution in [2.75, 3.05) is 0 Å². The first kappa shape index (κ1) is 33.7. The molecule has 0 atom stereocenters. The van der Waals surface area contributed by atoms with E-state index in [0.717, 1.165) is 35.1 Å². The van der Waals surface area contributed by atoms with E-state index in [0.29, 0.717) is 16.9 Å². The number of fused-ring (bicyclic) bond motifs is 6. The Morgan fingerprint density at radius 2 is 1.26 bits per heavy atom. The van der Waals surface area contributed by atoms with Gasteiger partial charge in [-0.1, -0.05) is 48.5 Å². The monoisotopic (exact) mass is 687 g/mol. The van der Waals surface area contributed by atoms with Crippen LogP contribution in [0.2, 0.25) is 0 Å². The van der Waals surface area contributed by atoms with Crippen molar-refractivity contribution in [1.82, 2.24) is 9.55 Å². The number of allylic oxidation sites excluding steroid dienone is 4. The third-order valence-corrected chi connectivity index (χ3v) is 10.8. The van der Waals surface area contributed by atoms with Gasteiger partial charge in [0.15, 0.2) is 0 Å². The second kappa shape index (κ2) is 13.4. The van der Waals surface area contributed by atoms with Crippen LogP contribution in [0.1, 0.15) is 32.5 Å². The average Bonchev–Trinajstić information content (AvgIpc) is 3.61. The Morgan fingerprint density at radius 1 is 0.648 bits per heavy atom. The first-order chi connectivity index (χ1) is 26.3. The standard InChI is InChI=1S/C48H34B3N2O/c1-28(45(50)29(2)49)47(54)46(51)48-52-41-24-11-12-25-42(41)53(48)32-16-13-15-31(26-32)43-36-20-7-9-22-38(36)44(39-23-10-8-21-37(39)43)40-27-30-14-3-4-17-33(30)34-18-5-6-19-35(34)40/h3-7,9,11-27,54H,8,10H2,1-2H3/b45-29-,47-28+. The van der Waals surface area contributed by atoms with Gasteiger partial charge in [0.25, 0.3) is 0 Å². The quantitative estimate of drug-likeness (QED) is 0.0820. The molecule has 1 aliphatic rings. The molecule has 3 nitrogen and oxygen atoms in total. The van der Waals surface area contributed by atoms with Crippen molar-refractivity contribution >= 4 is 84.1 Å². The topological polar surface area (TPSA) is 38.1 Å². The third-order valence-electron chi connectivity index (χ3n) is 10.8. The van der Waals surface area contributed by atoms with Gasteiger partial charge in [0.2, 0.25) is 0 Å². The Morgan fingerprint density at radius 3 is 2.00 bits per heavy atom. The predicted molar refractivity (Wildman–Crippen MR) is 231 cm³/mol. The summed E-state index contributed by atoms with van der Waals surface area (Å²) in [5.41, 5.74) is 8.43. The molecule has 1 N–H and O–H groups in total. The van der Waals surface area contributed by atoms with Crippen molar-refractivity contribution in [1.29, 1.82) is 0 Å². The molecular formula is C48H34B3N2O. The zero-order chi connectivity index (χ0) is 37.1. The number of nitrogens with zero attached hydrogens (tertiary/aromatic N) is 2. The summed E-state index contributed by atoms with van der Waals surface area (Å²) in [6, 6.07) is 45.0. The summed E-state index contributed by atoms with van der Waals surface area (Å²) < 4.78 is 2.01. The number of aliphatic hydroxyl groups excluding tert-OH is 1. The summed E-state index contributed by atoms with van der Waals surface area (Å²) >= 11 is 0. The summed E-state index contributed by atoms with van der Waals surface area (Å²) in [5.74, 6) is 0.255. The molecule has 251 valence electrons. The molecule has 6 heteroatoms. The van der Waals surface area contributed by atoms with Gasteiger partial charge in [0, 0.05) is 0 Å². The number of hydrogen-bond acceptors (Lipinski definition) is 2. The van der Waals surface area contributed by atoms with E-state index in [9.17, 15) is 5.11 Å². The van der Waals surface area contributed by atoms with Gasteiger partial charge in [-0.05, 0) is 16.2 Å². The van der Waals surface area contributed by atoms with Gasteiger partial charge in [-0.3, -0.25) is 0 Å². The van der Waals surface area contributed by atoms with E-state index in [1.54, 1.807) is 13.8 Å². The van der Waals surface area contributed by atoms with Gasteiger partial charge in [0.05, 0.1) is 0 Å². The number of benzene rings is 7. The molecule has 0 fully saturated rings. The van der Waals surface area contributed by atoms with Gasteiger partial charge < -0.3 is 0 Å². The predicted octanol–water partition coefficient (Wildman–Crippen LogP) is 9.26. The fourth-order valence-electron chi connectivity index (χ4n) is 8.22. The Labute approximate surface area is 318 Å². The second-order valence-corrected chi connectivity index (χ2v) is 14.1. The summed E-state index contributed by atoms with van der Waals surface area (Å²) in [6.07, 6.45) is 6.76. The molecule has 5 radical (unpaired) electrons. The first-order valence-electron chi connectivity index (χ1n) is 18.3. The summed E-state index contributed by atoms with van der Waals surface area (Å²) in [5, 5.41) is 21.3. The number of hydrogen-bond donors (Lipinski definition) is 1. The first-order valence-corrected chi connectivity index (χ1v) is 18.3. The summed E-state index contributed by atoms with van der Waals surface area (Å²) in [6.45, 7) is 3.39. The molecule has 0 unspecified atom stereocenters. The van der Waals surface area contributed by atoms with Crippen LogP contribution in [0.4, 0.5) is 0 Å². The minimum absolute atomic E-state index is 0.107. The van der Waals surface area contributed by atoms with Gasteiger partial charge >= 0.3 is 255 Å². The van der Waals surface area contributed by atoms with Crippen molar-refractivity contribution in [3.05, 3.63) is 166 Å². The Kier molecular flexibility index (Phi) is 8.35. The number of aliphatic hydroxyl groups is 1. The number of imidazole rings is 1. The van der Waals surface area contributed by atoms with Crippen LogP contribution in [-0.2, 0) is 0 Å². The molecule has 0 bridgehead atoms. The van der Waals surface area contributed by atoms with E-state index in [2.05, 4.69) is 115 Å². The minimum atomic E-state index is -0.160. The third kappa shape index (κ3) is 5.39. The number of para-hydroxylation sites is 2. The average molecular weight is 687 g/mol. The van der Waals surface area contributed by atoms with Gasteiger partial charge in [-0.25, -0.2) is 0 Å². The van der Waals surface area contributed by atoms with Crippen LogP contribution in [0, 0.1) is 0 Å². The van der Waals surface area contributed by atoms with E-state index < -0.39 is 0 Å². The van der Waals surface area contributed by atoms with E-state index in [4.69, 9.17) is 28.2 Å². The fourth-order valence-corrected chi connectivity index (χ4v) is 8.22. The van der Waals surface area contributed by atoms with Crippen molar-refractivity contribution in [3.63, 3.8) is 0 Å². The maximum atomic E-state index is 11.4. The molecule has 54 heavy (non-hydrogen) atoms. The summed E-state index contributed by atoms with van der Waals surface area (Å²) in [7, 11) is 18.9. The van der Waals surface area contributed by atoms with E-state index >= 15 is 0 Å². The SMILES string of the molecule is [B]/C(C)=C([B])/C(C)=C(/O)C(=[B])c1nc2ccccc2n1-c1cccc(-c2c3c(c(-c4cc5ccccc5c5ccccc45)c4ccccc24)=CCCC=3)c1. The molecule has 0 spiro atoms. The van der Waals surface area contributed by atoms with Crippen LogP contribution in [0.25, 0.3) is 83.4 Å². The van der Waals surface area contributed by atoms with Crippen molar-refractivity contribution in [2.24, 2.45) is 0 Å². The molecule has 1 aromatic heterocycles. The second-order valence-electron chi connectivity index (χ2n) is 14.1. The molecule has 8 aromatic rings. The van der Waals surface area contributed by atoms with Crippen LogP contribution in [0.5, 0.6) is 0 Å². The summed E-state index contributed by atoms with van der Waals surface area (Å²) in [4.78, 5) is 4.92. The van der Waals surface area contributed by atoms with Crippen LogP contribution >= 0.6 is 0 Å². The van der Waals surface area contributed by atoms with Crippen LogP contribution in [0.3, 0.4) is 0 Å². The molecule has 0 aliphatic heterocycles. The van der Waals surface area contributed by atoms with Gasteiger partial charge in [-0.15, -0.1) is 0 Å².